The zero-order valence-corrected chi connectivity index (χ0v) is 13.0. The lowest BCUT2D eigenvalue weighted by atomic mass is 10.2. The molecule has 1 aromatic carbocycles. The first-order chi connectivity index (χ1) is 9.60. The van der Waals surface area contributed by atoms with E-state index >= 15 is 0 Å². The molecule has 20 heavy (non-hydrogen) atoms. The van der Waals surface area contributed by atoms with Crippen molar-refractivity contribution in [2.24, 2.45) is 0 Å². The molecule has 1 aliphatic rings. The number of hydrogen-bond acceptors (Lipinski definition) is 3. The summed E-state index contributed by atoms with van der Waals surface area (Å²) in [4.78, 5) is 14.2. The summed E-state index contributed by atoms with van der Waals surface area (Å²) in [7, 11) is 0. The van der Waals surface area contributed by atoms with Gasteiger partial charge in [-0.05, 0) is 24.7 Å². The Labute approximate surface area is 126 Å². The number of nitrogens with one attached hydrogen (secondary N) is 1. The van der Waals surface area contributed by atoms with Gasteiger partial charge in [0.1, 0.15) is 5.82 Å². The molecule has 1 aliphatic heterocycles. The van der Waals surface area contributed by atoms with Crippen LogP contribution in [0, 0.1) is 5.82 Å². The van der Waals surface area contributed by atoms with Gasteiger partial charge in [-0.2, -0.15) is 0 Å². The van der Waals surface area contributed by atoms with Crippen molar-refractivity contribution in [1.82, 2.24) is 10.2 Å². The summed E-state index contributed by atoms with van der Waals surface area (Å²) in [5.41, 5.74) is 0.0440. The van der Waals surface area contributed by atoms with Crippen LogP contribution in [0.25, 0.3) is 0 Å². The molecule has 1 unspecified atom stereocenters. The summed E-state index contributed by atoms with van der Waals surface area (Å²) in [6, 6.07) is 4.31. The number of amides is 1. The van der Waals surface area contributed by atoms with Gasteiger partial charge >= 0.3 is 0 Å². The third-order valence-electron chi connectivity index (χ3n) is 3.33. The van der Waals surface area contributed by atoms with Gasteiger partial charge in [0.2, 0.25) is 0 Å². The fourth-order valence-corrected chi connectivity index (χ4v) is 2.53. The SMILES string of the molecule is CCN1CCOC(CNC(=O)c2cc(Br)ccc2F)C1. The van der Waals surface area contributed by atoms with Gasteiger partial charge in [-0.15, -0.1) is 0 Å². The number of nitrogens with zero attached hydrogens (tertiary/aromatic N) is 1. The molecule has 4 nitrogen and oxygen atoms in total. The van der Waals surface area contributed by atoms with Crippen molar-refractivity contribution < 1.29 is 13.9 Å². The summed E-state index contributed by atoms with van der Waals surface area (Å²) in [5, 5.41) is 2.73. The average molecular weight is 345 g/mol. The van der Waals surface area contributed by atoms with Crippen LogP contribution in [0.15, 0.2) is 22.7 Å². The molecule has 1 atom stereocenters. The molecule has 0 saturated carbocycles. The molecule has 1 N–H and O–H groups in total. The smallest absolute Gasteiger partial charge is 0.254 e. The van der Waals surface area contributed by atoms with Gasteiger partial charge in [0.15, 0.2) is 0 Å². The molecule has 0 bridgehead atoms. The van der Waals surface area contributed by atoms with E-state index in [-0.39, 0.29) is 11.7 Å². The van der Waals surface area contributed by atoms with Crippen LogP contribution in [-0.4, -0.2) is 49.7 Å². The maximum absolute atomic E-state index is 13.6. The van der Waals surface area contributed by atoms with Crippen LogP contribution in [0.2, 0.25) is 0 Å². The highest BCUT2D eigenvalue weighted by atomic mass is 79.9. The molecule has 6 heteroatoms. The van der Waals surface area contributed by atoms with E-state index in [0.717, 1.165) is 19.6 Å². The van der Waals surface area contributed by atoms with Crippen molar-refractivity contribution in [3.05, 3.63) is 34.1 Å². The standard InChI is InChI=1S/C14H18BrFN2O2/c1-2-18-5-6-20-11(9-18)8-17-14(19)12-7-10(15)3-4-13(12)16/h3-4,7,11H,2,5-6,8-9H2,1H3,(H,17,19). The van der Waals surface area contributed by atoms with Gasteiger partial charge in [0.25, 0.3) is 5.91 Å². The first-order valence-electron chi connectivity index (χ1n) is 6.67. The highest BCUT2D eigenvalue weighted by molar-refractivity contribution is 9.10. The molecule has 1 amide bonds. The topological polar surface area (TPSA) is 41.6 Å². The second-order valence-corrected chi connectivity index (χ2v) is 5.64. The maximum Gasteiger partial charge on any atom is 0.254 e. The summed E-state index contributed by atoms with van der Waals surface area (Å²) in [5.74, 6) is -0.938. The number of halogens is 2. The quantitative estimate of drug-likeness (QED) is 0.908. The normalized spacial score (nSPS) is 19.9. The van der Waals surface area contributed by atoms with E-state index in [1.54, 1.807) is 6.07 Å². The van der Waals surface area contributed by atoms with E-state index in [0.29, 0.717) is 17.6 Å². The fourth-order valence-electron chi connectivity index (χ4n) is 2.16. The van der Waals surface area contributed by atoms with Gasteiger partial charge < -0.3 is 10.1 Å². The Kier molecular flexibility index (Phi) is 5.51. The van der Waals surface area contributed by atoms with E-state index in [4.69, 9.17) is 4.74 Å². The zero-order valence-electron chi connectivity index (χ0n) is 11.4. The lowest BCUT2D eigenvalue weighted by molar-refractivity contribution is -0.0246. The number of rotatable bonds is 4. The average Bonchev–Trinajstić information content (AvgIpc) is 2.47. The number of benzene rings is 1. The summed E-state index contributed by atoms with van der Waals surface area (Å²) >= 11 is 3.23. The minimum Gasteiger partial charge on any atom is -0.374 e. The molecule has 1 aromatic rings. The molecule has 1 heterocycles. The van der Waals surface area contributed by atoms with Gasteiger partial charge in [0.05, 0.1) is 18.3 Å². The second-order valence-electron chi connectivity index (χ2n) is 4.72. The van der Waals surface area contributed by atoms with Crippen molar-refractivity contribution in [3.63, 3.8) is 0 Å². The Morgan fingerprint density at radius 3 is 3.15 bits per heavy atom. The van der Waals surface area contributed by atoms with Crippen LogP contribution < -0.4 is 5.32 Å². The molecule has 1 saturated heterocycles. The van der Waals surface area contributed by atoms with Crippen LogP contribution in [0.5, 0.6) is 0 Å². The molecular formula is C14H18BrFN2O2. The van der Waals surface area contributed by atoms with Crippen LogP contribution in [0.3, 0.4) is 0 Å². The largest absolute Gasteiger partial charge is 0.374 e. The predicted molar refractivity (Wildman–Crippen MR) is 78.3 cm³/mol. The predicted octanol–water partition coefficient (Wildman–Crippen LogP) is 2.04. The lowest BCUT2D eigenvalue weighted by Crippen LogP contribution is -2.47. The Bertz CT molecular complexity index is 484. The Morgan fingerprint density at radius 2 is 2.40 bits per heavy atom. The minimum atomic E-state index is -0.523. The summed E-state index contributed by atoms with van der Waals surface area (Å²) in [6.07, 6.45) is -0.0390. The number of carbonyl (C=O) groups excluding carboxylic acids is 1. The van der Waals surface area contributed by atoms with E-state index in [2.05, 4.69) is 33.1 Å². The lowest BCUT2D eigenvalue weighted by Gasteiger charge is -2.32. The molecule has 0 spiro atoms. The third-order valence-corrected chi connectivity index (χ3v) is 3.83. The fraction of sp³-hybridized carbons (Fsp3) is 0.500. The molecule has 0 aliphatic carbocycles. The third kappa shape index (κ3) is 4.01. The van der Waals surface area contributed by atoms with Crippen LogP contribution in [0.4, 0.5) is 4.39 Å². The van der Waals surface area contributed by atoms with Crippen LogP contribution in [0.1, 0.15) is 17.3 Å². The second kappa shape index (κ2) is 7.15. The van der Waals surface area contributed by atoms with E-state index in [1.165, 1.54) is 12.1 Å². The monoisotopic (exact) mass is 344 g/mol. The van der Waals surface area contributed by atoms with Gasteiger partial charge in [-0.25, -0.2) is 4.39 Å². The van der Waals surface area contributed by atoms with Crippen molar-refractivity contribution >= 4 is 21.8 Å². The number of hydrogen-bond donors (Lipinski definition) is 1. The van der Waals surface area contributed by atoms with E-state index < -0.39 is 11.7 Å². The van der Waals surface area contributed by atoms with Gasteiger partial charge in [0, 0.05) is 24.1 Å². The van der Waals surface area contributed by atoms with Gasteiger partial charge in [-0.3, -0.25) is 9.69 Å². The first kappa shape index (κ1) is 15.4. The molecule has 110 valence electrons. The van der Waals surface area contributed by atoms with Gasteiger partial charge in [-0.1, -0.05) is 22.9 Å². The molecular weight excluding hydrogens is 327 g/mol. The molecule has 0 aromatic heterocycles. The highest BCUT2D eigenvalue weighted by Crippen LogP contribution is 2.15. The Balaban J connectivity index is 1.90. The molecule has 2 rings (SSSR count). The van der Waals surface area contributed by atoms with Crippen molar-refractivity contribution in [3.8, 4) is 0 Å². The Hall–Kier alpha value is -0.980. The number of likely N-dealkylation sites (N-methyl/N-ethyl adjacent to an activating group) is 1. The highest BCUT2D eigenvalue weighted by Gasteiger charge is 2.20. The van der Waals surface area contributed by atoms with Crippen molar-refractivity contribution in [1.29, 1.82) is 0 Å². The zero-order chi connectivity index (χ0) is 14.5. The summed E-state index contributed by atoms with van der Waals surface area (Å²) < 4.78 is 19.8. The number of morpholine rings is 1. The van der Waals surface area contributed by atoms with Crippen molar-refractivity contribution in [2.75, 3.05) is 32.8 Å². The summed E-state index contributed by atoms with van der Waals surface area (Å²) in [6.45, 7) is 5.83. The van der Waals surface area contributed by atoms with E-state index in [1.807, 2.05) is 0 Å². The van der Waals surface area contributed by atoms with Crippen molar-refractivity contribution in [2.45, 2.75) is 13.0 Å². The van der Waals surface area contributed by atoms with E-state index in [9.17, 15) is 9.18 Å². The number of ether oxygens (including phenoxy) is 1. The van der Waals surface area contributed by atoms with Crippen LogP contribution in [-0.2, 0) is 4.74 Å². The number of carbonyl (C=O) groups is 1. The Morgan fingerprint density at radius 1 is 1.60 bits per heavy atom. The van der Waals surface area contributed by atoms with Crippen LogP contribution >= 0.6 is 15.9 Å². The minimum absolute atomic E-state index is 0.0390. The first-order valence-corrected chi connectivity index (χ1v) is 7.46. The maximum atomic E-state index is 13.6. The molecule has 1 fully saturated rings. The molecule has 0 radical (unpaired) electrons.